The summed E-state index contributed by atoms with van der Waals surface area (Å²) < 4.78 is 13.7. The summed E-state index contributed by atoms with van der Waals surface area (Å²) >= 11 is 0.694. The second kappa shape index (κ2) is 7.97. The van der Waals surface area contributed by atoms with Crippen molar-refractivity contribution in [3.8, 4) is 0 Å². The zero-order valence-electron chi connectivity index (χ0n) is 13.6. The molecule has 0 unspecified atom stereocenters. The zero-order chi connectivity index (χ0) is 18.5. The van der Waals surface area contributed by atoms with Gasteiger partial charge in [-0.2, -0.15) is 0 Å². The van der Waals surface area contributed by atoms with Crippen molar-refractivity contribution in [3.63, 3.8) is 0 Å². The molecule has 0 aliphatic carbocycles. The van der Waals surface area contributed by atoms with Crippen molar-refractivity contribution in [3.05, 3.63) is 76.4 Å². The van der Waals surface area contributed by atoms with Gasteiger partial charge in [-0.1, -0.05) is 48.5 Å². The van der Waals surface area contributed by atoms with Crippen LogP contribution in [0.3, 0.4) is 0 Å². The van der Waals surface area contributed by atoms with Crippen LogP contribution in [0, 0.1) is 5.82 Å². The number of hydrogen-bond donors (Lipinski definition) is 1. The average molecular weight is 370 g/mol. The highest BCUT2D eigenvalue weighted by atomic mass is 32.2. The third kappa shape index (κ3) is 4.18. The topological polar surface area (TPSA) is 66.5 Å². The van der Waals surface area contributed by atoms with Crippen molar-refractivity contribution in [2.75, 3.05) is 6.54 Å². The Balaban J connectivity index is 1.64. The molecule has 2 aromatic carbocycles. The number of nitrogens with one attached hydrogen (secondary N) is 1. The van der Waals surface area contributed by atoms with Gasteiger partial charge in [-0.05, 0) is 29.5 Å². The normalized spacial score (nSPS) is 15.6. The minimum absolute atomic E-state index is 0.0935. The second-order valence-electron chi connectivity index (χ2n) is 5.55. The number of imide groups is 1. The maximum atomic E-state index is 13.7. The molecule has 3 amide bonds. The van der Waals surface area contributed by atoms with E-state index in [0.29, 0.717) is 18.3 Å². The number of nitrogens with zero attached hydrogens (tertiary/aromatic N) is 1. The second-order valence-corrected chi connectivity index (χ2v) is 6.54. The van der Waals surface area contributed by atoms with E-state index in [1.54, 1.807) is 6.07 Å². The van der Waals surface area contributed by atoms with Gasteiger partial charge in [0.1, 0.15) is 12.4 Å². The van der Waals surface area contributed by atoms with Gasteiger partial charge in [-0.25, -0.2) is 4.39 Å². The summed E-state index contributed by atoms with van der Waals surface area (Å²) in [6, 6.07) is 15.2. The SMILES string of the molecule is O=C(CN1C(=O)S/C(=C\c2ccccc2F)C1=O)NCc1ccccc1. The van der Waals surface area contributed by atoms with E-state index in [4.69, 9.17) is 0 Å². The molecule has 7 heteroatoms. The Morgan fingerprint density at radius 3 is 2.50 bits per heavy atom. The average Bonchev–Trinajstić information content (AvgIpc) is 2.90. The predicted octanol–water partition coefficient (Wildman–Crippen LogP) is 3.18. The Labute approximate surface area is 153 Å². The van der Waals surface area contributed by atoms with Crippen LogP contribution in [-0.2, 0) is 16.1 Å². The number of halogens is 1. The van der Waals surface area contributed by atoms with Crippen molar-refractivity contribution in [2.45, 2.75) is 6.54 Å². The minimum atomic E-state index is -0.599. The van der Waals surface area contributed by atoms with Crippen LogP contribution in [0.4, 0.5) is 9.18 Å². The minimum Gasteiger partial charge on any atom is -0.350 e. The van der Waals surface area contributed by atoms with E-state index < -0.39 is 22.9 Å². The Hall–Kier alpha value is -2.93. The largest absolute Gasteiger partial charge is 0.350 e. The van der Waals surface area contributed by atoms with Gasteiger partial charge in [-0.15, -0.1) is 0 Å². The summed E-state index contributed by atoms with van der Waals surface area (Å²) in [4.78, 5) is 37.4. The van der Waals surface area contributed by atoms with Crippen molar-refractivity contribution in [1.29, 1.82) is 0 Å². The monoisotopic (exact) mass is 370 g/mol. The number of hydrogen-bond acceptors (Lipinski definition) is 4. The lowest BCUT2D eigenvalue weighted by atomic mass is 10.2. The van der Waals surface area contributed by atoms with Crippen LogP contribution >= 0.6 is 11.8 Å². The smallest absolute Gasteiger partial charge is 0.294 e. The summed E-state index contributed by atoms with van der Waals surface area (Å²) in [5.41, 5.74) is 1.13. The van der Waals surface area contributed by atoms with Gasteiger partial charge in [0.25, 0.3) is 11.1 Å². The van der Waals surface area contributed by atoms with E-state index in [1.165, 1.54) is 24.3 Å². The lowest BCUT2D eigenvalue weighted by Gasteiger charge is -2.12. The van der Waals surface area contributed by atoms with Gasteiger partial charge in [0.15, 0.2) is 0 Å². The standard InChI is InChI=1S/C19H15FN2O3S/c20-15-9-5-4-8-14(15)10-16-18(24)22(19(25)26-16)12-17(23)21-11-13-6-2-1-3-7-13/h1-10H,11-12H2,(H,21,23)/b16-10-. The van der Waals surface area contributed by atoms with E-state index in [9.17, 15) is 18.8 Å². The fourth-order valence-corrected chi connectivity index (χ4v) is 3.19. The number of carbonyl (C=O) groups is 3. The molecule has 1 heterocycles. The van der Waals surface area contributed by atoms with Crippen LogP contribution in [0.2, 0.25) is 0 Å². The Morgan fingerprint density at radius 1 is 1.08 bits per heavy atom. The fraction of sp³-hybridized carbons (Fsp3) is 0.105. The van der Waals surface area contributed by atoms with Crippen molar-refractivity contribution >= 4 is 34.9 Å². The molecule has 0 spiro atoms. The molecular formula is C19H15FN2O3S. The molecule has 0 atom stereocenters. The molecule has 1 aliphatic heterocycles. The molecule has 2 aromatic rings. The number of benzene rings is 2. The zero-order valence-corrected chi connectivity index (χ0v) is 14.5. The van der Waals surface area contributed by atoms with Gasteiger partial charge < -0.3 is 5.32 Å². The van der Waals surface area contributed by atoms with E-state index in [2.05, 4.69) is 5.32 Å². The van der Waals surface area contributed by atoms with Crippen LogP contribution in [0.5, 0.6) is 0 Å². The van der Waals surface area contributed by atoms with Gasteiger partial charge in [-0.3, -0.25) is 19.3 Å². The van der Waals surface area contributed by atoms with Crippen LogP contribution in [0.15, 0.2) is 59.5 Å². The first kappa shape index (κ1) is 17.9. The molecule has 26 heavy (non-hydrogen) atoms. The Bertz CT molecular complexity index is 883. The Morgan fingerprint density at radius 2 is 1.77 bits per heavy atom. The summed E-state index contributed by atoms with van der Waals surface area (Å²) in [6.45, 7) is -0.0624. The molecule has 132 valence electrons. The summed E-state index contributed by atoms with van der Waals surface area (Å²) in [5.74, 6) is -1.53. The van der Waals surface area contributed by atoms with Gasteiger partial charge >= 0.3 is 0 Å². The maximum Gasteiger partial charge on any atom is 0.294 e. The highest BCUT2D eigenvalue weighted by Crippen LogP contribution is 2.32. The molecule has 0 saturated carbocycles. The summed E-state index contributed by atoms with van der Waals surface area (Å²) in [7, 11) is 0. The van der Waals surface area contributed by atoms with Gasteiger partial charge in [0, 0.05) is 12.1 Å². The van der Waals surface area contributed by atoms with Crippen LogP contribution in [0.25, 0.3) is 6.08 Å². The Kier molecular flexibility index (Phi) is 5.48. The van der Waals surface area contributed by atoms with Crippen LogP contribution < -0.4 is 5.32 Å². The lowest BCUT2D eigenvalue weighted by Crippen LogP contribution is -2.39. The lowest BCUT2D eigenvalue weighted by molar-refractivity contribution is -0.129. The first-order valence-electron chi connectivity index (χ1n) is 7.85. The molecule has 1 N–H and O–H groups in total. The van der Waals surface area contributed by atoms with Crippen molar-refractivity contribution in [1.82, 2.24) is 10.2 Å². The van der Waals surface area contributed by atoms with Crippen molar-refractivity contribution in [2.24, 2.45) is 0 Å². The summed E-state index contributed by atoms with van der Waals surface area (Å²) in [5, 5.41) is 2.12. The number of carbonyl (C=O) groups excluding carboxylic acids is 3. The molecule has 1 aliphatic rings. The highest BCUT2D eigenvalue weighted by molar-refractivity contribution is 8.18. The number of rotatable bonds is 5. The first-order valence-corrected chi connectivity index (χ1v) is 8.67. The molecule has 3 rings (SSSR count). The maximum absolute atomic E-state index is 13.7. The molecule has 1 fully saturated rings. The molecule has 1 saturated heterocycles. The fourth-order valence-electron chi connectivity index (χ4n) is 2.37. The predicted molar refractivity (Wildman–Crippen MR) is 97.4 cm³/mol. The van der Waals surface area contributed by atoms with E-state index >= 15 is 0 Å². The quantitative estimate of drug-likeness (QED) is 0.821. The third-order valence-corrected chi connectivity index (χ3v) is 4.61. The summed E-state index contributed by atoms with van der Waals surface area (Å²) in [6.07, 6.45) is 1.32. The van der Waals surface area contributed by atoms with Gasteiger partial charge in [0.05, 0.1) is 4.91 Å². The van der Waals surface area contributed by atoms with Crippen LogP contribution in [-0.4, -0.2) is 28.5 Å². The molecule has 5 nitrogen and oxygen atoms in total. The molecular weight excluding hydrogens is 355 g/mol. The molecule has 0 aromatic heterocycles. The van der Waals surface area contributed by atoms with Crippen molar-refractivity contribution < 1.29 is 18.8 Å². The molecule has 0 radical (unpaired) electrons. The number of thioether (sulfide) groups is 1. The molecule has 0 bridgehead atoms. The third-order valence-electron chi connectivity index (χ3n) is 3.70. The van der Waals surface area contributed by atoms with E-state index in [-0.39, 0.29) is 17.0 Å². The van der Waals surface area contributed by atoms with Gasteiger partial charge in [0.2, 0.25) is 5.91 Å². The number of amides is 3. The first-order chi connectivity index (χ1) is 12.5. The highest BCUT2D eigenvalue weighted by Gasteiger charge is 2.36. The van der Waals surface area contributed by atoms with E-state index in [0.717, 1.165) is 10.5 Å². The van der Waals surface area contributed by atoms with Crippen LogP contribution in [0.1, 0.15) is 11.1 Å². The van der Waals surface area contributed by atoms with E-state index in [1.807, 2.05) is 30.3 Å².